The summed E-state index contributed by atoms with van der Waals surface area (Å²) < 4.78 is 4.94. The van der Waals surface area contributed by atoms with Crippen molar-refractivity contribution in [1.82, 2.24) is 0 Å². The van der Waals surface area contributed by atoms with Gasteiger partial charge in [-0.2, -0.15) is 0 Å². The predicted molar refractivity (Wildman–Crippen MR) is 83.9 cm³/mol. The monoisotopic (exact) mass is 298 g/mol. The fourth-order valence-corrected chi connectivity index (χ4v) is 2.36. The number of aryl methyl sites for hydroxylation is 1. The maximum absolute atomic E-state index is 11.6. The molecule has 0 aliphatic carbocycles. The maximum atomic E-state index is 11.6. The van der Waals surface area contributed by atoms with E-state index in [1.54, 1.807) is 25.1 Å². The number of carbonyl (C=O) groups is 2. The minimum Gasteiger partial charge on any atom is -0.478 e. The van der Waals surface area contributed by atoms with Crippen LogP contribution in [0.4, 0.5) is 0 Å². The number of carboxylic acids is 1. The minimum atomic E-state index is -0.985. The Balaban J connectivity index is 2.47. The van der Waals surface area contributed by atoms with Gasteiger partial charge in [0, 0.05) is 0 Å². The van der Waals surface area contributed by atoms with E-state index in [4.69, 9.17) is 4.74 Å². The summed E-state index contributed by atoms with van der Waals surface area (Å²) in [6.07, 6.45) is 0.132. The van der Waals surface area contributed by atoms with Gasteiger partial charge in [-0.25, -0.2) is 4.79 Å². The molecule has 0 saturated heterocycles. The van der Waals surface area contributed by atoms with Crippen LogP contribution in [0.3, 0.4) is 0 Å². The summed E-state index contributed by atoms with van der Waals surface area (Å²) in [7, 11) is 0. The van der Waals surface area contributed by atoms with Gasteiger partial charge in [-0.15, -0.1) is 0 Å². The third-order valence-corrected chi connectivity index (χ3v) is 3.40. The van der Waals surface area contributed by atoms with Crippen LogP contribution in [0, 0.1) is 6.92 Å². The number of esters is 1. The Bertz CT molecular complexity index is 704. The number of hydrogen-bond acceptors (Lipinski definition) is 3. The SMILES string of the molecule is CCOC(=O)Cc1ccc(C(=O)O)c(-c2ccccc2C)c1. The molecule has 0 saturated carbocycles. The van der Waals surface area contributed by atoms with E-state index in [1.165, 1.54) is 0 Å². The van der Waals surface area contributed by atoms with Crippen molar-refractivity contribution in [2.45, 2.75) is 20.3 Å². The first kappa shape index (κ1) is 15.8. The van der Waals surface area contributed by atoms with Gasteiger partial charge in [0.15, 0.2) is 0 Å². The zero-order valence-corrected chi connectivity index (χ0v) is 12.6. The molecule has 1 N–H and O–H groups in total. The van der Waals surface area contributed by atoms with Crippen LogP contribution >= 0.6 is 0 Å². The summed E-state index contributed by atoms with van der Waals surface area (Å²) in [4.78, 5) is 23.1. The first-order chi connectivity index (χ1) is 10.5. The van der Waals surface area contributed by atoms with Crippen LogP contribution in [0.2, 0.25) is 0 Å². The molecule has 0 bridgehead atoms. The highest BCUT2D eigenvalue weighted by Gasteiger charge is 2.15. The standard InChI is InChI=1S/C18H18O4/c1-3-22-17(19)11-13-8-9-15(18(20)21)16(10-13)14-7-5-4-6-12(14)2/h4-10H,3,11H2,1-2H3,(H,20,21). The van der Waals surface area contributed by atoms with Crippen molar-refractivity contribution < 1.29 is 19.4 Å². The summed E-state index contributed by atoms with van der Waals surface area (Å²) in [6.45, 7) is 4.01. The number of rotatable bonds is 5. The molecule has 0 aliphatic heterocycles. The lowest BCUT2D eigenvalue weighted by atomic mass is 9.93. The third-order valence-electron chi connectivity index (χ3n) is 3.40. The second-order valence-electron chi connectivity index (χ2n) is 4.98. The highest BCUT2D eigenvalue weighted by atomic mass is 16.5. The third kappa shape index (κ3) is 3.52. The first-order valence-electron chi connectivity index (χ1n) is 7.10. The van der Waals surface area contributed by atoms with Crippen molar-refractivity contribution in [3.8, 4) is 11.1 Å². The van der Waals surface area contributed by atoms with Gasteiger partial charge in [-0.3, -0.25) is 4.79 Å². The second kappa shape index (κ2) is 6.89. The Labute approximate surface area is 129 Å². The molecule has 0 atom stereocenters. The molecule has 0 aliphatic rings. The Hall–Kier alpha value is -2.62. The summed E-state index contributed by atoms with van der Waals surface area (Å²) in [5.74, 6) is -1.30. The molecular weight excluding hydrogens is 280 g/mol. The molecule has 114 valence electrons. The highest BCUT2D eigenvalue weighted by Crippen LogP contribution is 2.28. The van der Waals surface area contributed by atoms with E-state index in [1.807, 2.05) is 31.2 Å². The Kier molecular flexibility index (Phi) is 4.94. The highest BCUT2D eigenvalue weighted by molar-refractivity contribution is 5.96. The zero-order chi connectivity index (χ0) is 16.1. The van der Waals surface area contributed by atoms with Crippen LogP contribution in [-0.2, 0) is 16.0 Å². The number of aromatic carboxylic acids is 1. The summed E-state index contributed by atoms with van der Waals surface area (Å²) in [5.41, 5.74) is 3.42. The molecule has 0 heterocycles. The van der Waals surface area contributed by atoms with E-state index in [9.17, 15) is 14.7 Å². The maximum Gasteiger partial charge on any atom is 0.336 e. The van der Waals surface area contributed by atoms with Gasteiger partial charge in [-0.1, -0.05) is 30.3 Å². The number of ether oxygens (including phenoxy) is 1. The average Bonchev–Trinajstić information content (AvgIpc) is 2.47. The summed E-state index contributed by atoms with van der Waals surface area (Å²) in [5, 5.41) is 9.38. The predicted octanol–water partition coefficient (Wildman–Crippen LogP) is 3.47. The smallest absolute Gasteiger partial charge is 0.336 e. The Morgan fingerprint density at radius 1 is 1.09 bits per heavy atom. The van der Waals surface area contributed by atoms with Crippen molar-refractivity contribution in [2.24, 2.45) is 0 Å². The van der Waals surface area contributed by atoms with Gasteiger partial charge in [0.1, 0.15) is 0 Å². The van der Waals surface area contributed by atoms with Crippen LogP contribution in [-0.4, -0.2) is 23.7 Å². The topological polar surface area (TPSA) is 63.6 Å². The second-order valence-corrected chi connectivity index (χ2v) is 4.98. The number of carboxylic acid groups (broad SMARTS) is 1. The van der Waals surface area contributed by atoms with Crippen LogP contribution in [0.1, 0.15) is 28.4 Å². The largest absolute Gasteiger partial charge is 0.478 e. The van der Waals surface area contributed by atoms with Crippen molar-refractivity contribution in [3.05, 3.63) is 59.2 Å². The number of carbonyl (C=O) groups excluding carboxylic acids is 1. The lowest BCUT2D eigenvalue weighted by Crippen LogP contribution is -2.08. The minimum absolute atomic E-state index is 0.132. The van der Waals surface area contributed by atoms with E-state index in [-0.39, 0.29) is 18.0 Å². The van der Waals surface area contributed by atoms with Gasteiger partial charge >= 0.3 is 11.9 Å². The molecule has 2 aromatic carbocycles. The van der Waals surface area contributed by atoms with Crippen LogP contribution in [0.5, 0.6) is 0 Å². The first-order valence-corrected chi connectivity index (χ1v) is 7.10. The Morgan fingerprint density at radius 2 is 1.82 bits per heavy atom. The molecule has 22 heavy (non-hydrogen) atoms. The molecule has 0 aromatic heterocycles. The van der Waals surface area contributed by atoms with E-state index in [2.05, 4.69) is 0 Å². The quantitative estimate of drug-likeness (QED) is 0.859. The van der Waals surface area contributed by atoms with Crippen molar-refractivity contribution >= 4 is 11.9 Å². The molecule has 0 spiro atoms. The van der Waals surface area contributed by atoms with Gasteiger partial charge in [0.05, 0.1) is 18.6 Å². The van der Waals surface area contributed by atoms with Gasteiger partial charge < -0.3 is 9.84 Å². The fraction of sp³-hybridized carbons (Fsp3) is 0.222. The number of benzene rings is 2. The molecular formula is C18H18O4. The zero-order valence-electron chi connectivity index (χ0n) is 12.6. The van der Waals surface area contributed by atoms with E-state index in [0.717, 1.165) is 16.7 Å². The molecule has 0 unspecified atom stereocenters. The molecule has 2 aromatic rings. The van der Waals surface area contributed by atoms with Crippen molar-refractivity contribution in [1.29, 1.82) is 0 Å². The van der Waals surface area contributed by atoms with Crippen LogP contribution in [0.25, 0.3) is 11.1 Å². The van der Waals surface area contributed by atoms with Gasteiger partial charge in [-0.05, 0) is 48.2 Å². The van der Waals surface area contributed by atoms with Crippen molar-refractivity contribution in [2.75, 3.05) is 6.61 Å². The molecule has 4 nitrogen and oxygen atoms in total. The average molecular weight is 298 g/mol. The molecule has 2 rings (SSSR count). The number of hydrogen-bond donors (Lipinski definition) is 1. The molecule has 0 amide bonds. The van der Waals surface area contributed by atoms with Gasteiger partial charge in [0.2, 0.25) is 0 Å². The lowest BCUT2D eigenvalue weighted by Gasteiger charge is -2.11. The van der Waals surface area contributed by atoms with Crippen LogP contribution < -0.4 is 0 Å². The van der Waals surface area contributed by atoms with E-state index < -0.39 is 5.97 Å². The summed E-state index contributed by atoms with van der Waals surface area (Å²) in [6, 6.07) is 12.5. The molecule has 4 heteroatoms. The van der Waals surface area contributed by atoms with Crippen molar-refractivity contribution in [3.63, 3.8) is 0 Å². The van der Waals surface area contributed by atoms with E-state index in [0.29, 0.717) is 12.2 Å². The Morgan fingerprint density at radius 3 is 2.45 bits per heavy atom. The van der Waals surface area contributed by atoms with Crippen LogP contribution in [0.15, 0.2) is 42.5 Å². The normalized spacial score (nSPS) is 10.3. The molecule has 0 fully saturated rings. The fourth-order valence-electron chi connectivity index (χ4n) is 2.36. The molecule has 0 radical (unpaired) electrons. The summed E-state index contributed by atoms with van der Waals surface area (Å²) >= 11 is 0. The lowest BCUT2D eigenvalue weighted by molar-refractivity contribution is -0.142. The van der Waals surface area contributed by atoms with E-state index >= 15 is 0 Å². The van der Waals surface area contributed by atoms with Gasteiger partial charge in [0.25, 0.3) is 0 Å².